The number of nitrogen functional groups attached to an aromatic ring is 1. The lowest BCUT2D eigenvalue weighted by molar-refractivity contribution is 0.396. The van der Waals surface area contributed by atoms with Gasteiger partial charge in [0.05, 0.1) is 28.6 Å². The van der Waals surface area contributed by atoms with Crippen LogP contribution in [0.15, 0.2) is 23.3 Å². The Kier molecular flexibility index (Phi) is 4.57. The highest BCUT2D eigenvalue weighted by molar-refractivity contribution is 5.88. The van der Waals surface area contributed by atoms with E-state index in [9.17, 15) is 4.79 Å². The van der Waals surface area contributed by atoms with E-state index in [0.717, 1.165) is 31.6 Å². The molecule has 6 heteroatoms. The van der Waals surface area contributed by atoms with Gasteiger partial charge in [0, 0.05) is 6.54 Å². The molecule has 4 N–H and O–H groups in total. The van der Waals surface area contributed by atoms with Crippen molar-refractivity contribution < 1.29 is 0 Å². The predicted octanol–water partition coefficient (Wildman–Crippen LogP) is 1.26. The third kappa shape index (κ3) is 3.48. The molecular formula is C14H21N5O. The smallest absolute Gasteiger partial charge is 0.258 e. The van der Waals surface area contributed by atoms with Crippen molar-refractivity contribution in [3.63, 3.8) is 0 Å². The van der Waals surface area contributed by atoms with Gasteiger partial charge in [-0.15, -0.1) is 0 Å². The number of benzene rings is 1. The van der Waals surface area contributed by atoms with E-state index in [0.29, 0.717) is 16.6 Å². The summed E-state index contributed by atoms with van der Waals surface area (Å²) in [5.74, 6) is 0. The van der Waals surface area contributed by atoms with Gasteiger partial charge in [0.1, 0.15) is 0 Å². The Labute approximate surface area is 118 Å². The summed E-state index contributed by atoms with van der Waals surface area (Å²) in [6, 6.07) is 3.50. The van der Waals surface area contributed by atoms with Crippen LogP contribution in [0.2, 0.25) is 0 Å². The summed E-state index contributed by atoms with van der Waals surface area (Å²) in [4.78, 5) is 20.5. The number of rotatable bonds is 6. The monoisotopic (exact) mass is 275 g/mol. The van der Waals surface area contributed by atoms with E-state index >= 15 is 0 Å². The molecular weight excluding hydrogens is 254 g/mol. The number of nitrogens with zero attached hydrogens (tertiary/aromatic N) is 2. The highest BCUT2D eigenvalue weighted by Crippen LogP contribution is 2.22. The summed E-state index contributed by atoms with van der Waals surface area (Å²) in [5, 5.41) is 3.82. The molecule has 0 saturated heterocycles. The van der Waals surface area contributed by atoms with Gasteiger partial charge in [-0.05, 0) is 45.6 Å². The molecule has 2 rings (SSSR count). The van der Waals surface area contributed by atoms with Crippen molar-refractivity contribution in [2.24, 2.45) is 0 Å². The van der Waals surface area contributed by atoms with Crippen molar-refractivity contribution in [2.75, 3.05) is 38.2 Å². The minimum Gasteiger partial charge on any atom is -0.397 e. The van der Waals surface area contributed by atoms with Crippen LogP contribution in [0.1, 0.15) is 12.8 Å². The number of nitrogens with one attached hydrogen (secondary N) is 2. The second kappa shape index (κ2) is 6.38. The lowest BCUT2D eigenvalue weighted by Gasteiger charge is -2.12. The molecule has 0 aliphatic heterocycles. The van der Waals surface area contributed by atoms with Gasteiger partial charge < -0.3 is 20.9 Å². The highest BCUT2D eigenvalue weighted by Gasteiger charge is 2.05. The standard InChI is InChI=1S/C14H21N5O/c1-19(2)6-4-3-5-16-13-8-12-10(7-11(13)15)14(20)18-9-17-12/h7-9,16H,3-6,15H2,1-2H3,(H,17,18,20). The first-order valence-corrected chi connectivity index (χ1v) is 6.73. The zero-order chi connectivity index (χ0) is 14.5. The summed E-state index contributed by atoms with van der Waals surface area (Å²) in [7, 11) is 4.13. The number of nitrogens with two attached hydrogens (primary N) is 1. The fourth-order valence-electron chi connectivity index (χ4n) is 2.06. The van der Waals surface area contributed by atoms with Gasteiger partial charge in [-0.1, -0.05) is 0 Å². The summed E-state index contributed by atoms with van der Waals surface area (Å²) in [6.45, 7) is 1.93. The first-order valence-electron chi connectivity index (χ1n) is 6.73. The van der Waals surface area contributed by atoms with Gasteiger partial charge >= 0.3 is 0 Å². The van der Waals surface area contributed by atoms with Crippen molar-refractivity contribution in [1.82, 2.24) is 14.9 Å². The number of aromatic amines is 1. The third-order valence-corrected chi connectivity index (χ3v) is 3.16. The molecule has 0 bridgehead atoms. The molecule has 0 unspecified atom stereocenters. The maximum atomic E-state index is 11.6. The zero-order valence-electron chi connectivity index (χ0n) is 11.9. The van der Waals surface area contributed by atoms with Crippen molar-refractivity contribution in [3.8, 4) is 0 Å². The summed E-state index contributed by atoms with van der Waals surface area (Å²) < 4.78 is 0. The van der Waals surface area contributed by atoms with E-state index in [1.54, 1.807) is 6.07 Å². The molecule has 0 aliphatic carbocycles. The SMILES string of the molecule is CN(C)CCCCNc1cc2nc[nH]c(=O)c2cc1N. The molecule has 0 saturated carbocycles. The van der Waals surface area contributed by atoms with Crippen molar-refractivity contribution in [1.29, 1.82) is 0 Å². The number of anilines is 2. The molecule has 2 aromatic rings. The van der Waals surface area contributed by atoms with Gasteiger partial charge in [0.25, 0.3) is 5.56 Å². The van der Waals surface area contributed by atoms with Crippen LogP contribution in [0.25, 0.3) is 10.9 Å². The Morgan fingerprint density at radius 1 is 1.35 bits per heavy atom. The number of unbranched alkanes of at least 4 members (excludes halogenated alkanes) is 1. The number of aromatic nitrogens is 2. The maximum Gasteiger partial charge on any atom is 0.258 e. The molecule has 20 heavy (non-hydrogen) atoms. The Bertz CT molecular complexity index is 635. The van der Waals surface area contributed by atoms with E-state index in [2.05, 4.69) is 34.3 Å². The van der Waals surface area contributed by atoms with E-state index < -0.39 is 0 Å². The van der Waals surface area contributed by atoms with Gasteiger partial charge in [0.15, 0.2) is 0 Å². The molecule has 1 aromatic heterocycles. The molecule has 0 spiro atoms. The summed E-state index contributed by atoms with van der Waals surface area (Å²) >= 11 is 0. The average molecular weight is 275 g/mol. The second-order valence-electron chi connectivity index (χ2n) is 5.13. The van der Waals surface area contributed by atoms with E-state index in [-0.39, 0.29) is 5.56 Å². The fraction of sp³-hybridized carbons (Fsp3) is 0.429. The Hall–Kier alpha value is -2.08. The maximum absolute atomic E-state index is 11.6. The molecule has 0 aliphatic rings. The summed E-state index contributed by atoms with van der Waals surface area (Å²) in [5.41, 5.74) is 7.86. The van der Waals surface area contributed by atoms with Crippen molar-refractivity contribution >= 4 is 22.3 Å². The average Bonchev–Trinajstić information content (AvgIpc) is 2.40. The highest BCUT2D eigenvalue weighted by atomic mass is 16.1. The topological polar surface area (TPSA) is 87.0 Å². The normalized spacial score (nSPS) is 11.2. The van der Waals surface area contributed by atoms with Crippen LogP contribution < -0.4 is 16.6 Å². The first-order chi connectivity index (χ1) is 9.58. The second-order valence-corrected chi connectivity index (χ2v) is 5.13. The minimum atomic E-state index is -0.167. The Morgan fingerprint density at radius 2 is 2.15 bits per heavy atom. The molecule has 0 atom stereocenters. The van der Waals surface area contributed by atoms with Crippen LogP contribution in [-0.2, 0) is 0 Å². The van der Waals surface area contributed by atoms with Crippen LogP contribution >= 0.6 is 0 Å². The molecule has 1 aromatic carbocycles. The lowest BCUT2D eigenvalue weighted by Crippen LogP contribution is -2.14. The summed E-state index contributed by atoms with van der Waals surface area (Å²) in [6.07, 6.45) is 3.60. The predicted molar refractivity (Wildman–Crippen MR) is 83.1 cm³/mol. The Balaban J connectivity index is 2.03. The van der Waals surface area contributed by atoms with Gasteiger partial charge in [0.2, 0.25) is 0 Å². The van der Waals surface area contributed by atoms with Gasteiger partial charge in [-0.25, -0.2) is 4.98 Å². The quantitative estimate of drug-likeness (QED) is 0.546. The minimum absolute atomic E-state index is 0.167. The molecule has 0 fully saturated rings. The van der Waals surface area contributed by atoms with Crippen molar-refractivity contribution in [2.45, 2.75) is 12.8 Å². The van der Waals surface area contributed by atoms with Crippen LogP contribution in [0.4, 0.5) is 11.4 Å². The largest absolute Gasteiger partial charge is 0.397 e. The van der Waals surface area contributed by atoms with Crippen LogP contribution in [0.3, 0.4) is 0 Å². The lowest BCUT2D eigenvalue weighted by atomic mass is 10.2. The van der Waals surface area contributed by atoms with Crippen LogP contribution in [-0.4, -0.2) is 42.1 Å². The van der Waals surface area contributed by atoms with E-state index in [4.69, 9.17) is 5.73 Å². The fourth-order valence-corrected chi connectivity index (χ4v) is 2.06. The number of hydrogen-bond donors (Lipinski definition) is 3. The Morgan fingerprint density at radius 3 is 2.90 bits per heavy atom. The number of fused-ring (bicyclic) bond motifs is 1. The number of H-pyrrole nitrogens is 1. The van der Waals surface area contributed by atoms with Gasteiger partial charge in [-0.3, -0.25) is 4.79 Å². The van der Waals surface area contributed by atoms with Crippen molar-refractivity contribution in [3.05, 3.63) is 28.8 Å². The molecule has 6 nitrogen and oxygen atoms in total. The van der Waals surface area contributed by atoms with Crippen LogP contribution in [0, 0.1) is 0 Å². The van der Waals surface area contributed by atoms with Crippen LogP contribution in [0.5, 0.6) is 0 Å². The molecule has 108 valence electrons. The van der Waals surface area contributed by atoms with E-state index in [1.165, 1.54) is 6.33 Å². The number of hydrogen-bond acceptors (Lipinski definition) is 5. The zero-order valence-corrected chi connectivity index (χ0v) is 11.9. The van der Waals surface area contributed by atoms with Gasteiger partial charge in [-0.2, -0.15) is 0 Å². The first kappa shape index (κ1) is 14.3. The molecule has 1 heterocycles. The van der Waals surface area contributed by atoms with E-state index in [1.807, 2.05) is 6.07 Å². The molecule has 0 radical (unpaired) electrons. The third-order valence-electron chi connectivity index (χ3n) is 3.16. The molecule has 0 amide bonds.